The zero-order valence-electron chi connectivity index (χ0n) is 11.1. The maximum absolute atomic E-state index is 13.7. The van der Waals surface area contributed by atoms with E-state index in [0.29, 0.717) is 18.0 Å². The van der Waals surface area contributed by atoms with Gasteiger partial charge in [0.05, 0.1) is 0 Å². The standard InChI is InChI=1S/C15H21F2N/c1-11(2)18-10-15(6-3-7-15)9-12-8-13(16)4-5-14(12)17/h4-5,8,11,18H,3,6-7,9-10H2,1-2H3. The molecule has 0 aliphatic heterocycles. The Morgan fingerprint density at radius 3 is 2.56 bits per heavy atom. The van der Waals surface area contributed by atoms with Crippen LogP contribution < -0.4 is 5.32 Å². The largest absolute Gasteiger partial charge is 0.314 e. The van der Waals surface area contributed by atoms with E-state index in [-0.39, 0.29) is 17.0 Å². The molecule has 0 heterocycles. The summed E-state index contributed by atoms with van der Waals surface area (Å²) < 4.78 is 26.8. The van der Waals surface area contributed by atoms with Crippen molar-refractivity contribution in [1.29, 1.82) is 0 Å². The van der Waals surface area contributed by atoms with Crippen LogP contribution in [-0.2, 0) is 6.42 Å². The molecular formula is C15H21F2N. The number of nitrogens with one attached hydrogen (secondary N) is 1. The first-order chi connectivity index (χ1) is 8.51. The van der Waals surface area contributed by atoms with Gasteiger partial charge in [0.15, 0.2) is 0 Å². The Hall–Kier alpha value is -0.960. The molecular weight excluding hydrogens is 232 g/mol. The zero-order chi connectivity index (χ0) is 13.2. The van der Waals surface area contributed by atoms with Gasteiger partial charge < -0.3 is 5.32 Å². The van der Waals surface area contributed by atoms with Crippen molar-refractivity contribution in [2.75, 3.05) is 6.54 Å². The van der Waals surface area contributed by atoms with Gasteiger partial charge >= 0.3 is 0 Å². The summed E-state index contributed by atoms with van der Waals surface area (Å²) in [7, 11) is 0. The molecule has 0 aromatic heterocycles. The molecule has 0 spiro atoms. The molecule has 1 nitrogen and oxygen atoms in total. The summed E-state index contributed by atoms with van der Waals surface area (Å²) in [6.07, 6.45) is 4.03. The summed E-state index contributed by atoms with van der Waals surface area (Å²) in [5.74, 6) is -0.634. The Morgan fingerprint density at radius 2 is 2.00 bits per heavy atom. The van der Waals surface area contributed by atoms with Gasteiger partial charge in [0, 0.05) is 12.6 Å². The van der Waals surface area contributed by atoms with Crippen molar-refractivity contribution in [1.82, 2.24) is 5.32 Å². The van der Waals surface area contributed by atoms with Gasteiger partial charge in [0.1, 0.15) is 11.6 Å². The number of halogens is 2. The van der Waals surface area contributed by atoms with Crippen LogP contribution in [0.5, 0.6) is 0 Å². The maximum atomic E-state index is 13.7. The lowest BCUT2D eigenvalue weighted by molar-refractivity contribution is 0.125. The SMILES string of the molecule is CC(C)NCC1(Cc2cc(F)ccc2F)CCC1. The molecule has 1 aromatic carbocycles. The molecule has 0 atom stereocenters. The third-order valence-electron chi connectivity index (χ3n) is 3.87. The van der Waals surface area contributed by atoms with E-state index in [0.717, 1.165) is 19.4 Å². The van der Waals surface area contributed by atoms with E-state index in [1.807, 2.05) is 0 Å². The second-order valence-electron chi connectivity index (χ2n) is 5.80. The Bertz CT molecular complexity index is 411. The highest BCUT2D eigenvalue weighted by Gasteiger charge is 2.37. The lowest BCUT2D eigenvalue weighted by Gasteiger charge is -2.43. The van der Waals surface area contributed by atoms with Crippen LogP contribution in [0.15, 0.2) is 18.2 Å². The van der Waals surface area contributed by atoms with Crippen LogP contribution in [0, 0.1) is 17.0 Å². The normalized spacial score (nSPS) is 17.8. The van der Waals surface area contributed by atoms with Crippen LogP contribution in [0.1, 0.15) is 38.7 Å². The summed E-state index contributed by atoms with van der Waals surface area (Å²) in [5.41, 5.74) is 0.638. The monoisotopic (exact) mass is 253 g/mol. The van der Waals surface area contributed by atoms with E-state index in [1.165, 1.54) is 24.6 Å². The Morgan fingerprint density at radius 1 is 1.28 bits per heavy atom. The minimum absolute atomic E-state index is 0.124. The van der Waals surface area contributed by atoms with Crippen LogP contribution >= 0.6 is 0 Å². The summed E-state index contributed by atoms with van der Waals surface area (Å²) >= 11 is 0. The highest BCUT2D eigenvalue weighted by Crippen LogP contribution is 2.43. The molecule has 1 saturated carbocycles. The Balaban J connectivity index is 2.07. The van der Waals surface area contributed by atoms with Crippen LogP contribution in [0.3, 0.4) is 0 Å². The van der Waals surface area contributed by atoms with Crippen LogP contribution in [-0.4, -0.2) is 12.6 Å². The van der Waals surface area contributed by atoms with Gasteiger partial charge in [-0.15, -0.1) is 0 Å². The van der Waals surface area contributed by atoms with E-state index < -0.39 is 0 Å². The smallest absolute Gasteiger partial charge is 0.126 e. The van der Waals surface area contributed by atoms with Crippen molar-refractivity contribution >= 4 is 0 Å². The molecule has 100 valence electrons. The van der Waals surface area contributed by atoms with Gasteiger partial charge in [0.2, 0.25) is 0 Å². The quantitative estimate of drug-likeness (QED) is 0.844. The van der Waals surface area contributed by atoms with Gasteiger partial charge in [-0.3, -0.25) is 0 Å². The molecule has 3 heteroatoms. The van der Waals surface area contributed by atoms with Crippen molar-refractivity contribution < 1.29 is 8.78 Å². The predicted octanol–water partition coefficient (Wildman–Crippen LogP) is 3.68. The van der Waals surface area contributed by atoms with E-state index in [2.05, 4.69) is 19.2 Å². The van der Waals surface area contributed by atoms with Gasteiger partial charge in [0.25, 0.3) is 0 Å². The van der Waals surface area contributed by atoms with Crippen molar-refractivity contribution in [3.8, 4) is 0 Å². The highest BCUT2D eigenvalue weighted by atomic mass is 19.1. The number of hydrogen-bond acceptors (Lipinski definition) is 1. The molecule has 1 aliphatic rings. The lowest BCUT2D eigenvalue weighted by Crippen LogP contribution is -2.43. The van der Waals surface area contributed by atoms with E-state index in [9.17, 15) is 8.78 Å². The van der Waals surface area contributed by atoms with Crippen molar-refractivity contribution in [3.05, 3.63) is 35.4 Å². The van der Waals surface area contributed by atoms with Gasteiger partial charge in [-0.05, 0) is 48.4 Å². The fourth-order valence-corrected chi connectivity index (χ4v) is 2.60. The number of benzene rings is 1. The summed E-state index contributed by atoms with van der Waals surface area (Å²) in [6.45, 7) is 5.10. The molecule has 0 bridgehead atoms. The van der Waals surface area contributed by atoms with Crippen molar-refractivity contribution in [3.63, 3.8) is 0 Å². The fraction of sp³-hybridized carbons (Fsp3) is 0.600. The van der Waals surface area contributed by atoms with Crippen LogP contribution in [0.25, 0.3) is 0 Å². The zero-order valence-corrected chi connectivity index (χ0v) is 11.1. The van der Waals surface area contributed by atoms with E-state index in [1.54, 1.807) is 0 Å². The molecule has 1 N–H and O–H groups in total. The van der Waals surface area contributed by atoms with Crippen molar-refractivity contribution in [2.24, 2.45) is 5.41 Å². The summed E-state index contributed by atoms with van der Waals surface area (Å²) in [5, 5.41) is 3.43. The minimum Gasteiger partial charge on any atom is -0.314 e. The first-order valence-electron chi connectivity index (χ1n) is 6.68. The van der Waals surface area contributed by atoms with E-state index >= 15 is 0 Å². The first kappa shape index (κ1) is 13.5. The molecule has 0 saturated heterocycles. The molecule has 2 rings (SSSR count). The lowest BCUT2D eigenvalue weighted by atomic mass is 9.65. The van der Waals surface area contributed by atoms with Crippen molar-refractivity contribution in [2.45, 2.75) is 45.6 Å². The molecule has 0 unspecified atom stereocenters. The maximum Gasteiger partial charge on any atom is 0.126 e. The van der Waals surface area contributed by atoms with Crippen LogP contribution in [0.4, 0.5) is 8.78 Å². The summed E-state index contributed by atoms with van der Waals surface area (Å²) in [4.78, 5) is 0. The topological polar surface area (TPSA) is 12.0 Å². The van der Waals surface area contributed by atoms with Gasteiger partial charge in [-0.1, -0.05) is 20.3 Å². The van der Waals surface area contributed by atoms with E-state index in [4.69, 9.17) is 0 Å². The predicted molar refractivity (Wildman–Crippen MR) is 69.5 cm³/mol. The van der Waals surface area contributed by atoms with Crippen LogP contribution in [0.2, 0.25) is 0 Å². The molecule has 0 radical (unpaired) electrons. The Labute approximate surface area is 108 Å². The van der Waals surface area contributed by atoms with Gasteiger partial charge in [-0.2, -0.15) is 0 Å². The highest BCUT2D eigenvalue weighted by molar-refractivity contribution is 5.21. The second-order valence-corrected chi connectivity index (χ2v) is 5.80. The average Bonchev–Trinajstić information content (AvgIpc) is 2.26. The molecule has 0 amide bonds. The third-order valence-corrected chi connectivity index (χ3v) is 3.87. The summed E-state index contributed by atoms with van der Waals surface area (Å²) in [6, 6.07) is 4.18. The Kier molecular flexibility index (Phi) is 4.00. The molecule has 18 heavy (non-hydrogen) atoms. The molecule has 1 aliphatic carbocycles. The number of rotatable bonds is 5. The fourth-order valence-electron chi connectivity index (χ4n) is 2.60. The van der Waals surface area contributed by atoms with Gasteiger partial charge in [-0.25, -0.2) is 8.78 Å². The molecule has 1 fully saturated rings. The second kappa shape index (κ2) is 5.35. The average molecular weight is 253 g/mol. The third kappa shape index (κ3) is 3.08. The minimum atomic E-state index is -0.349. The first-order valence-corrected chi connectivity index (χ1v) is 6.68. The molecule has 1 aromatic rings. The number of hydrogen-bond donors (Lipinski definition) is 1.